The lowest BCUT2D eigenvalue weighted by Gasteiger charge is -2.27. The van der Waals surface area contributed by atoms with Crippen molar-refractivity contribution in [2.24, 2.45) is 13.0 Å². The van der Waals surface area contributed by atoms with Crippen LogP contribution in [0.2, 0.25) is 0 Å². The van der Waals surface area contributed by atoms with Gasteiger partial charge in [0.1, 0.15) is 5.75 Å². The number of para-hydroxylation sites is 1. The lowest BCUT2D eigenvalue weighted by molar-refractivity contribution is -0.119. The first-order valence-electron chi connectivity index (χ1n) is 9.84. The van der Waals surface area contributed by atoms with Crippen LogP contribution in [0.15, 0.2) is 66.1 Å². The van der Waals surface area contributed by atoms with E-state index in [4.69, 9.17) is 4.74 Å². The number of methoxy groups -OCH3 is 1. The van der Waals surface area contributed by atoms with Gasteiger partial charge in [-0.3, -0.25) is 14.5 Å². The highest BCUT2D eigenvalue weighted by Gasteiger charge is 2.45. The highest BCUT2D eigenvalue weighted by molar-refractivity contribution is 6.17. The molecule has 1 N–H and O–H groups in total. The summed E-state index contributed by atoms with van der Waals surface area (Å²) in [6.45, 7) is 3.53. The van der Waals surface area contributed by atoms with Crippen molar-refractivity contribution >= 4 is 28.3 Å². The maximum atomic E-state index is 13.2. The van der Waals surface area contributed by atoms with Gasteiger partial charge in [0, 0.05) is 41.3 Å². The SMILES string of the molecule is COc1ccc(N2C(=O)C(O)=C(C(=O)C(C)C)C2c2cn(C)c3ccccc23)cc1. The smallest absolute Gasteiger partial charge is 0.294 e. The van der Waals surface area contributed by atoms with Gasteiger partial charge in [-0.05, 0) is 30.3 Å². The molecule has 154 valence electrons. The average molecular weight is 404 g/mol. The number of hydrogen-bond acceptors (Lipinski definition) is 4. The van der Waals surface area contributed by atoms with Crippen LogP contribution in [0.1, 0.15) is 25.5 Å². The number of carbonyl (C=O) groups is 2. The number of aromatic nitrogens is 1. The number of hydrogen-bond donors (Lipinski definition) is 1. The summed E-state index contributed by atoms with van der Waals surface area (Å²) in [5.74, 6) is -1.01. The molecule has 1 aromatic heterocycles. The third kappa shape index (κ3) is 2.96. The monoisotopic (exact) mass is 404 g/mol. The molecule has 0 aliphatic carbocycles. The van der Waals surface area contributed by atoms with Crippen LogP contribution in [0.3, 0.4) is 0 Å². The van der Waals surface area contributed by atoms with Crippen molar-refractivity contribution in [2.75, 3.05) is 12.0 Å². The summed E-state index contributed by atoms with van der Waals surface area (Å²) in [6.07, 6.45) is 1.92. The lowest BCUT2D eigenvalue weighted by atomic mass is 9.91. The van der Waals surface area contributed by atoms with Crippen LogP contribution < -0.4 is 9.64 Å². The molecule has 1 atom stereocenters. The van der Waals surface area contributed by atoms with E-state index in [2.05, 4.69) is 0 Å². The van der Waals surface area contributed by atoms with Crippen molar-refractivity contribution in [2.45, 2.75) is 19.9 Å². The highest BCUT2D eigenvalue weighted by Crippen LogP contribution is 2.44. The molecule has 6 heteroatoms. The normalized spacial score (nSPS) is 16.8. The predicted molar refractivity (Wildman–Crippen MR) is 116 cm³/mol. The van der Waals surface area contributed by atoms with Gasteiger partial charge in [0.2, 0.25) is 0 Å². The van der Waals surface area contributed by atoms with E-state index in [-0.39, 0.29) is 17.3 Å². The minimum absolute atomic E-state index is 0.141. The Kier molecular flexibility index (Phi) is 4.86. The first-order valence-corrected chi connectivity index (χ1v) is 9.84. The Labute approximate surface area is 175 Å². The molecule has 1 unspecified atom stereocenters. The highest BCUT2D eigenvalue weighted by atomic mass is 16.5. The minimum atomic E-state index is -0.716. The molecule has 3 aromatic rings. The zero-order valence-corrected chi connectivity index (χ0v) is 17.4. The number of ether oxygens (including phenoxy) is 1. The first kappa shape index (κ1) is 19.8. The molecule has 2 aromatic carbocycles. The Bertz CT molecular complexity index is 1170. The predicted octanol–water partition coefficient (Wildman–Crippen LogP) is 4.31. The van der Waals surface area contributed by atoms with Crippen LogP contribution in [-0.4, -0.2) is 28.5 Å². The molecule has 0 saturated carbocycles. The molecule has 0 saturated heterocycles. The van der Waals surface area contributed by atoms with Crippen LogP contribution >= 0.6 is 0 Å². The van der Waals surface area contributed by atoms with E-state index in [9.17, 15) is 14.7 Å². The number of aryl methyl sites for hydroxylation is 1. The van der Waals surface area contributed by atoms with E-state index < -0.39 is 17.7 Å². The van der Waals surface area contributed by atoms with E-state index in [1.807, 2.05) is 42.1 Å². The van der Waals surface area contributed by atoms with Gasteiger partial charge in [0.05, 0.1) is 18.7 Å². The third-order valence-electron chi connectivity index (χ3n) is 5.57. The van der Waals surface area contributed by atoms with Crippen molar-refractivity contribution in [3.8, 4) is 5.75 Å². The first-order chi connectivity index (χ1) is 14.3. The number of amides is 1. The average Bonchev–Trinajstić information content (AvgIpc) is 3.22. The number of rotatable bonds is 5. The molecule has 1 aliphatic rings. The number of aliphatic hydroxyl groups excluding tert-OH is 1. The Balaban J connectivity index is 1.95. The van der Waals surface area contributed by atoms with E-state index in [1.165, 1.54) is 4.90 Å². The summed E-state index contributed by atoms with van der Waals surface area (Å²) in [6, 6.07) is 14.1. The maximum absolute atomic E-state index is 13.2. The molecule has 0 bridgehead atoms. The van der Waals surface area contributed by atoms with Gasteiger partial charge in [-0.1, -0.05) is 32.0 Å². The number of ketones is 1. The van der Waals surface area contributed by atoms with Gasteiger partial charge in [-0.25, -0.2) is 0 Å². The second-order valence-electron chi connectivity index (χ2n) is 7.77. The number of Topliss-reactive ketones (excluding diaryl/α,β-unsaturated/α-hetero) is 1. The second kappa shape index (κ2) is 7.37. The zero-order valence-electron chi connectivity index (χ0n) is 17.4. The molecule has 1 amide bonds. The molecule has 1 aliphatic heterocycles. The van der Waals surface area contributed by atoms with Gasteiger partial charge in [0.25, 0.3) is 5.91 Å². The molecule has 4 rings (SSSR count). The Morgan fingerprint density at radius 3 is 2.40 bits per heavy atom. The van der Waals surface area contributed by atoms with Crippen LogP contribution in [0, 0.1) is 5.92 Å². The number of carbonyl (C=O) groups excluding carboxylic acids is 2. The van der Waals surface area contributed by atoms with Gasteiger partial charge in [0.15, 0.2) is 11.5 Å². The Morgan fingerprint density at radius 2 is 1.77 bits per heavy atom. The standard InChI is InChI=1S/C24H24N2O4/c1-14(2)22(27)20-21(18-13-25(3)19-8-6-5-7-17(18)19)26(24(29)23(20)28)15-9-11-16(30-4)12-10-15/h5-14,21,28H,1-4H3. The fourth-order valence-electron chi connectivity index (χ4n) is 4.06. The van der Waals surface area contributed by atoms with Crippen LogP contribution in [0.5, 0.6) is 5.75 Å². The van der Waals surface area contributed by atoms with Crippen molar-refractivity contribution in [1.29, 1.82) is 0 Å². The largest absolute Gasteiger partial charge is 0.503 e. The summed E-state index contributed by atoms with van der Waals surface area (Å²) >= 11 is 0. The van der Waals surface area contributed by atoms with Crippen molar-refractivity contribution < 1.29 is 19.4 Å². The zero-order chi connectivity index (χ0) is 21.6. The summed E-state index contributed by atoms with van der Waals surface area (Å²) in [5, 5.41) is 11.7. The number of anilines is 1. The van der Waals surface area contributed by atoms with Gasteiger partial charge >= 0.3 is 0 Å². The third-order valence-corrected chi connectivity index (χ3v) is 5.57. The summed E-state index contributed by atoms with van der Waals surface area (Å²) in [4.78, 5) is 27.7. The second-order valence-corrected chi connectivity index (χ2v) is 7.77. The minimum Gasteiger partial charge on any atom is -0.503 e. The Hall–Kier alpha value is -3.54. The molecule has 2 heterocycles. The molecule has 30 heavy (non-hydrogen) atoms. The molecule has 0 fully saturated rings. The topological polar surface area (TPSA) is 71.8 Å². The van der Waals surface area contributed by atoms with Gasteiger partial charge in [-0.15, -0.1) is 0 Å². The lowest BCUT2D eigenvalue weighted by Crippen LogP contribution is -2.31. The van der Waals surface area contributed by atoms with Gasteiger partial charge in [-0.2, -0.15) is 0 Å². The number of benzene rings is 2. The fourth-order valence-corrected chi connectivity index (χ4v) is 4.06. The van der Waals surface area contributed by atoms with Crippen molar-refractivity contribution in [1.82, 2.24) is 4.57 Å². The molecular formula is C24H24N2O4. The van der Waals surface area contributed by atoms with E-state index in [0.717, 1.165) is 16.5 Å². The molecular weight excluding hydrogens is 380 g/mol. The van der Waals surface area contributed by atoms with Crippen molar-refractivity contribution in [3.05, 3.63) is 71.6 Å². The van der Waals surface area contributed by atoms with Gasteiger partial charge < -0.3 is 14.4 Å². The molecule has 0 radical (unpaired) electrons. The molecule has 6 nitrogen and oxygen atoms in total. The molecule has 0 spiro atoms. The number of nitrogens with zero attached hydrogens (tertiary/aromatic N) is 2. The quantitative estimate of drug-likeness (QED) is 0.688. The summed E-state index contributed by atoms with van der Waals surface area (Å²) in [5.41, 5.74) is 2.50. The van der Waals surface area contributed by atoms with E-state index >= 15 is 0 Å². The maximum Gasteiger partial charge on any atom is 0.294 e. The van der Waals surface area contributed by atoms with E-state index in [0.29, 0.717) is 11.4 Å². The van der Waals surface area contributed by atoms with Crippen LogP contribution in [-0.2, 0) is 16.6 Å². The van der Waals surface area contributed by atoms with Crippen LogP contribution in [0.4, 0.5) is 5.69 Å². The summed E-state index contributed by atoms with van der Waals surface area (Å²) < 4.78 is 7.19. The summed E-state index contributed by atoms with van der Waals surface area (Å²) in [7, 11) is 3.50. The number of fused-ring (bicyclic) bond motifs is 1. The van der Waals surface area contributed by atoms with Crippen LogP contribution in [0.25, 0.3) is 10.9 Å². The fraction of sp³-hybridized carbons (Fsp3) is 0.250. The number of aliphatic hydroxyl groups is 1. The Morgan fingerprint density at radius 1 is 1.10 bits per heavy atom. The van der Waals surface area contributed by atoms with Crippen molar-refractivity contribution in [3.63, 3.8) is 0 Å². The van der Waals surface area contributed by atoms with E-state index in [1.54, 1.807) is 45.2 Å².